The van der Waals surface area contributed by atoms with Crippen molar-refractivity contribution in [2.24, 2.45) is 0 Å². The Morgan fingerprint density at radius 1 is 0.829 bits per heavy atom. The molecule has 4 rings (SSSR count). The van der Waals surface area contributed by atoms with Crippen molar-refractivity contribution in [3.63, 3.8) is 0 Å². The number of carbonyl (C=O) groups excluding carboxylic acids is 1. The molecule has 1 aromatic heterocycles. The number of fused-ring (bicyclic) bond motifs is 1. The van der Waals surface area contributed by atoms with Gasteiger partial charge in [-0.1, -0.05) is 18.2 Å². The Hall–Kier alpha value is -4.46. The number of anilines is 2. The number of nitrogens with zero attached hydrogens (tertiary/aromatic N) is 1. The highest BCUT2D eigenvalue weighted by atomic mass is 16.5. The van der Waals surface area contributed by atoms with Crippen LogP contribution in [0.5, 0.6) is 17.2 Å². The topological polar surface area (TPSA) is 90.8 Å². The average Bonchev–Trinajstić information content (AvgIpc) is 2.89. The standard InChI is InChI=1S/C27H27N3O5/c1-33-22-11-9-18-13-19(16-28-21-10-12-24(34-2)25(14-21)35-3)27(32)30(23(18)15-22)17-26(31)29-20-7-5-4-6-8-20/h4-15,28H,16-17H2,1-3H3,(H,29,31). The van der Waals surface area contributed by atoms with Gasteiger partial charge in [-0.2, -0.15) is 0 Å². The van der Waals surface area contributed by atoms with Crippen molar-refractivity contribution in [3.8, 4) is 17.2 Å². The first-order valence-corrected chi connectivity index (χ1v) is 11.0. The van der Waals surface area contributed by atoms with E-state index in [9.17, 15) is 9.59 Å². The molecule has 0 aliphatic carbocycles. The molecule has 3 aromatic carbocycles. The Morgan fingerprint density at radius 2 is 1.60 bits per heavy atom. The second-order valence-corrected chi connectivity index (χ2v) is 7.82. The van der Waals surface area contributed by atoms with Crippen molar-refractivity contribution in [2.75, 3.05) is 32.0 Å². The van der Waals surface area contributed by atoms with Gasteiger partial charge in [-0.3, -0.25) is 14.2 Å². The van der Waals surface area contributed by atoms with Crippen LogP contribution in [0.3, 0.4) is 0 Å². The number of nitrogens with one attached hydrogen (secondary N) is 2. The Kier molecular flexibility index (Phi) is 7.21. The second-order valence-electron chi connectivity index (χ2n) is 7.82. The maximum absolute atomic E-state index is 13.5. The normalized spacial score (nSPS) is 10.6. The lowest BCUT2D eigenvalue weighted by molar-refractivity contribution is -0.116. The zero-order chi connectivity index (χ0) is 24.8. The zero-order valence-electron chi connectivity index (χ0n) is 19.8. The quantitative estimate of drug-likeness (QED) is 0.377. The molecule has 0 radical (unpaired) electrons. The Bertz CT molecular complexity index is 1400. The monoisotopic (exact) mass is 473 g/mol. The van der Waals surface area contributed by atoms with Gasteiger partial charge in [0.25, 0.3) is 5.56 Å². The Morgan fingerprint density at radius 3 is 2.31 bits per heavy atom. The average molecular weight is 474 g/mol. The summed E-state index contributed by atoms with van der Waals surface area (Å²) in [4.78, 5) is 26.3. The molecule has 0 bridgehead atoms. The molecule has 180 valence electrons. The van der Waals surface area contributed by atoms with E-state index in [0.717, 1.165) is 11.1 Å². The summed E-state index contributed by atoms with van der Waals surface area (Å²) in [5.74, 6) is 1.50. The molecule has 0 saturated carbocycles. The number of rotatable bonds is 9. The highest BCUT2D eigenvalue weighted by molar-refractivity contribution is 5.92. The number of aromatic nitrogens is 1. The molecule has 35 heavy (non-hydrogen) atoms. The first-order valence-electron chi connectivity index (χ1n) is 11.0. The van der Waals surface area contributed by atoms with Gasteiger partial charge in [0.05, 0.1) is 26.8 Å². The van der Waals surface area contributed by atoms with E-state index in [1.807, 2.05) is 42.5 Å². The highest BCUT2D eigenvalue weighted by Gasteiger charge is 2.14. The van der Waals surface area contributed by atoms with Gasteiger partial charge in [-0.05, 0) is 47.9 Å². The molecule has 2 N–H and O–H groups in total. The van der Waals surface area contributed by atoms with Gasteiger partial charge < -0.3 is 24.8 Å². The van der Waals surface area contributed by atoms with Crippen molar-refractivity contribution >= 4 is 28.2 Å². The smallest absolute Gasteiger partial charge is 0.256 e. The molecule has 8 heteroatoms. The molecule has 1 heterocycles. The summed E-state index contributed by atoms with van der Waals surface area (Å²) in [6.45, 7) is 0.123. The van der Waals surface area contributed by atoms with Crippen LogP contribution in [0.1, 0.15) is 5.56 Å². The van der Waals surface area contributed by atoms with E-state index in [-0.39, 0.29) is 24.6 Å². The lowest BCUT2D eigenvalue weighted by Gasteiger charge is -2.15. The zero-order valence-corrected chi connectivity index (χ0v) is 19.8. The van der Waals surface area contributed by atoms with Gasteiger partial charge in [-0.15, -0.1) is 0 Å². The summed E-state index contributed by atoms with van der Waals surface area (Å²) >= 11 is 0. The number of methoxy groups -OCH3 is 3. The molecule has 0 saturated heterocycles. The third kappa shape index (κ3) is 5.38. The van der Waals surface area contributed by atoms with Crippen molar-refractivity contribution in [3.05, 3.63) is 88.7 Å². The minimum Gasteiger partial charge on any atom is -0.497 e. The van der Waals surface area contributed by atoms with Crippen LogP contribution in [0.4, 0.5) is 11.4 Å². The molecule has 0 unspecified atom stereocenters. The van der Waals surface area contributed by atoms with E-state index in [4.69, 9.17) is 14.2 Å². The van der Waals surface area contributed by atoms with Crippen molar-refractivity contribution in [1.82, 2.24) is 4.57 Å². The predicted molar refractivity (Wildman–Crippen MR) is 137 cm³/mol. The Balaban J connectivity index is 1.66. The molecule has 8 nitrogen and oxygen atoms in total. The van der Waals surface area contributed by atoms with E-state index >= 15 is 0 Å². The summed E-state index contributed by atoms with van der Waals surface area (Å²) in [5.41, 5.74) is 2.31. The predicted octanol–water partition coefficient (Wildman–Crippen LogP) is 4.28. The van der Waals surface area contributed by atoms with Crippen LogP contribution in [-0.2, 0) is 17.9 Å². The molecule has 0 spiro atoms. The molecule has 0 atom stereocenters. The third-order valence-corrected chi connectivity index (χ3v) is 5.60. The summed E-state index contributed by atoms with van der Waals surface area (Å²) in [6.07, 6.45) is 0. The maximum atomic E-state index is 13.5. The molecule has 4 aromatic rings. The minimum atomic E-state index is -0.299. The van der Waals surface area contributed by atoms with Crippen LogP contribution in [0.25, 0.3) is 10.9 Å². The number of para-hydroxylation sites is 1. The van der Waals surface area contributed by atoms with Crippen LogP contribution in [0.15, 0.2) is 77.6 Å². The second kappa shape index (κ2) is 10.6. The van der Waals surface area contributed by atoms with E-state index in [2.05, 4.69) is 10.6 Å². The first kappa shape index (κ1) is 23.7. The fourth-order valence-electron chi connectivity index (χ4n) is 3.83. The molecule has 1 amide bonds. The van der Waals surface area contributed by atoms with E-state index in [0.29, 0.717) is 34.0 Å². The fraction of sp³-hybridized carbons (Fsp3) is 0.185. The van der Waals surface area contributed by atoms with Crippen LogP contribution in [-0.4, -0.2) is 31.8 Å². The molecule has 0 aliphatic heterocycles. The largest absolute Gasteiger partial charge is 0.497 e. The maximum Gasteiger partial charge on any atom is 0.256 e. The van der Waals surface area contributed by atoms with Gasteiger partial charge in [0.15, 0.2) is 11.5 Å². The number of pyridine rings is 1. The van der Waals surface area contributed by atoms with Gasteiger partial charge in [0, 0.05) is 35.6 Å². The lowest BCUT2D eigenvalue weighted by Crippen LogP contribution is -2.30. The fourth-order valence-corrected chi connectivity index (χ4v) is 3.83. The van der Waals surface area contributed by atoms with Crippen LogP contribution < -0.4 is 30.4 Å². The lowest BCUT2D eigenvalue weighted by atomic mass is 10.1. The van der Waals surface area contributed by atoms with Crippen LogP contribution >= 0.6 is 0 Å². The number of hydrogen-bond acceptors (Lipinski definition) is 6. The van der Waals surface area contributed by atoms with Gasteiger partial charge in [0.1, 0.15) is 12.3 Å². The van der Waals surface area contributed by atoms with E-state index in [1.165, 1.54) is 4.57 Å². The number of carbonyl (C=O) groups is 1. The molecule has 0 fully saturated rings. The number of hydrogen-bond donors (Lipinski definition) is 2. The number of ether oxygens (including phenoxy) is 3. The summed E-state index contributed by atoms with van der Waals surface area (Å²) < 4.78 is 17.5. The summed E-state index contributed by atoms with van der Waals surface area (Å²) in [5, 5.41) is 6.92. The van der Waals surface area contributed by atoms with E-state index < -0.39 is 0 Å². The third-order valence-electron chi connectivity index (χ3n) is 5.60. The van der Waals surface area contributed by atoms with Crippen molar-refractivity contribution < 1.29 is 19.0 Å². The van der Waals surface area contributed by atoms with Gasteiger partial charge in [0.2, 0.25) is 5.91 Å². The molecular formula is C27H27N3O5. The molecule has 0 aliphatic rings. The number of amides is 1. The SMILES string of the molecule is COc1ccc2cc(CNc3ccc(OC)c(OC)c3)c(=O)n(CC(=O)Nc3ccccc3)c2c1. The van der Waals surface area contributed by atoms with Crippen molar-refractivity contribution in [2.45, 2.75) is 13.1 Å². The minimum absolute atomic E-state index is 0.137. The van der Waals surface area contributed by atoms with Gasteiger partial charge in [-0.25, -0.2) is 0 Å². The van der Waals surface area contributed by atoms with Gasteiger partial charge >= 0.3 is 0 Å². The van der Waals surface area contributed by atoms with Crippen LogP contribution in [0.2, 0.25) is 0 Å². The Labute approximate surface area is 203 Å². The van der Waals surface area contributed by atoms with Crippen molar-refractivity contribution in [1.29, 1.82) is 0 Å². The van der Waals surface area contributed by atoms with Crippen LogP contribution in [0, 0.1) is 0 Å². The van der Waals surface area contributed by atoms with E-state index in [1.54, 1.807) is 51.7 Å². The highest BCUT2D eigenvalue weighted by Crippen LogP contribution is 2.30. The first-order chi connectivity index (χ1) is 17.0. The summed E-state index contributed by atoms with van der Waals surface area (Å²) in [6, 6.07) is 21.9. The number of benzene rings is 3. The molecular weight excluding hydrogens is 446 g/mol. The summed E-state index contributed by atoms with van der Waals surface area (Å²) in [7, 11) is 4.71.